The normalized spacial score (nSPS) is 25.0. The van der Waals surface area contributed by atoms with Gasteiger partial charge in [-0.2, -0.15) is 0 Å². The Morgan fingerprint density at radius 2 is 1.76 bits per heavy atom. The summed E-state index contributed by atoms with van der Waals surface area (Å²) in [6.07, 6.45) is 11.1. The van der Waals surface area contributed by atoms with E-state index in [1.165, 1.54) is 37.5 Å². The highest BCUT2D eigenvalue weighted by atomic mass is 32.1. The average Bonchev–Trinajstić information content (AvgIpc) is 3.57. The first-order chi connectivity index (χ1) is 18.3. The van der Waals surface area contributed by atoms with Crippen molar-refractivity contribution in [2.75, 3.05) is 6.54 Å². The summed E-state index contributed by atoms with van der Waals surface area (Å²) >= 11 is 1.47. The van der Waals surface area contributed by atoms with Crippen molar-refractivity contribution in [1.29, 1.82) is 0 Å². The molecule has 0 radical (unpaired) electrons. The molecular weight excluding hydrogens is 498 g/mol. The molecule has 1 N–H and O–H groups in total. The van der Waals surface area contributed by atoms with Crippen LogP contribution < -0.4 is 10.1 Å². The number of nitrogens with one attached hydrogen (secondary N) is 1. The number of nitrogens with zero attached hydrogens (tertiary/aromatic N) is 4. The lowest BCUT2D eigenvalue weighted by Gasteiger charge is -2.40. The molecule has 5 rings (SSSR count). The summed E-state index contributed by atoms with van der Waals surface area (Å²) in [4.78, 5) is 28.5. The Morgan fingerprint density at radius 1 is 1.05 bits per heavy atom. The summed E-state index contributed by atoms with van der Waals surface area (Å²) in [7, 11) is 0. The highest BCUT2D eigenvalue weighted by molar-refractivity contribution is 7.14. The van der Waals surface area contributed by atoms with E-state index in [0.717, 1.165) is 68.0 Å². The number of piperidine rings is 1. The van der Waals surface area contributed by atoms with Crippen LogP contribution >= 0.6 is 11.3 Å². The van der Waals surface area contributed by atoms with Gasteiger partial charge >= 0.3 is 5.97 Å². The van der Waals surface area contributed by atoms with E-state index in [4.69, 9.17) is 4.74 Å². The number of hydrogen-bond acceptors (Lipinski definition) is 7. The number of fused-ring (bicyclic) bond motifs is 2. The Morgan fingerprint density at radius 3 is 2.42 bits per heavy atom. The maximum absolute atomic E-state index is 13.2. The molecule has 3 fully saturated rings. The summed E-state index contributed by atoms with van der Waals surface area (Å²) in [5.41, 5.74) is 0. The molecule has 1 saturated carbocycles. The topological polar surface area (TPSA) is 89.3 Å². The Hall–Kier alpha value is -2.26. The third kappa shape index (κ3) is 5.98. The fourth-order valence-corrected chi connectivity index (χ4v) is 7.97. The SMILES string of the molecule is CC(=O)Oc1ccc([C@H](CCN2[C@@H]3CC[C@H]2CC(n2c(C)nnc2C(C)C)C3)NC(=O)C2CCCCC2)s1. The van der Waals surface area contributed by atoms with Gasteiger partial charge in [-0.05, 0) is 64.0 Å². The van der Waals surface area contributed by atoms with Crippen LogP contribution in [0.1, 0.15) is 120 Å². The first-order valence-corrected chi connectivity index (χ1v) is 15.4. The van der Waals surface area contributed by atoms with Gasteiger partial charge in [0.25, 0.3) is 0 Å². The highest BCUT2D eigenvalue weighted by Gasteiger charge is 2.42. The van der Waals surface area contributed by atoms with E-state index >= 15 is 0 Å². The summed E-state index contributed by atoms with van der Waals surface area (Å²) in [6, 6.07) is 5.36. The van der Waals surface area contributed by atoms with Crippen LogP contribution in [0.5, 0.6) is 5.06 Å². The number of hydrogen-bond donors (Lipinski definition) is 1. The molecule has 1 amide bonds. The van der Waals surface area contributed by atoms with Crippen molar-refractivity contribution in [3.05, 3.63) is 28.7 Å². The minimum atomic E-state index is -0.315. The number of thiophene rings is 1. The quantitative estimate of drug-likeness (QED) is 0.410. The summed E-state index contributed by atoms with van der Waals surface area (Å²) in [5.74, 6) is 2.48. The molecule has 38 heavy (non-hydrogen) atoms. The second kappa shape index (κ2) is 11.9. The zero-order valence-electron chi connectivity index (χ0n) is 23.3. The van der Waals surface area contributed by atoms with Crippen LogP contribution in [0.25, 0.3) is 0 Å². The number of esters is 1. The van der Waals surface area contributed by atoms with Crippen molar-refractivity contribution in [2.24, 2.45) is 5.92 Å². The molecule has 1 aliphatic carbocycles. The van der Waals surface area contributed by atoms with E-state index in [9.17, 15) is 9.59 Å². The molecule has 2 saturated heterocycles. The van der Waals surface area contributed by atoms with Gasteiger partial charge in [-0.25, -0.2) is 0 Å². The number of rotatable bonds is 9. The molecule has 208 valence electrons. The van der Waals surface area contributed by atoms with Gasteiger partial charge in [0.1, 0.15) is 11.6 Å². The maximum atomic E-state index is 13.2. The molecule has 2 bridgehead atoms. The Bertz CT molecular complexity index is 1110. The zero-order chi connectivity index (χ0) is 26.8. The molecule has 2 aromatic rings. The minimum absolute atomic E-state index is 0.0662. The smallest absolute Gasteiger partial charge is 0.308 e. The fourth-order valence-electron chi connectivity index (χ4n) is 6.99. The third-order valence-electron chi connectivity index (χ3n) is 8.79. The van der Waals surface area contributed by atoms with Crippen LogP contribution in [-0.2, 0) is 9.59 Å². The lowest BCUT2D eigenvalue weighted by Crippen LogP contribution is -2.45. The van der Waals surface area contributed by atoms with Gasteiger partial charge in [0.2, 0.25) is 5.91 Å². The van der Waals surface area contributed by atoms with Gasteiger partial charge in [0, 0.05) is 48.3 Å². The first-order valence-electron chi connectivity index (χ1n) is 14.6. The van der Waals surface area contributed by atoms with E-state index in [1.807, 2.05) is 12.1 Å². The lowest BCUT2D eigenvalue weighted by molar-refractivity contribution is -0.131. The standard InChI is InChI=1S/C29H43N5O3S/c1-18(2)28-32-31-19(3)34(28)24-16-22-10-11-23(17-24)33(22)15-14-25(26-12-13-27(38-26)37-20(4)35)30-29(36)21-8-6-5-7-9-21/h12-13,18,21-25H,5-11,14-17H2,1-4H3,(H,30,36)/t22-,23+,24?,25-/m0/s1. The van der Waals surface area contributed by atoms with Crippen LogP contribution in [0.3, 0.4) is 0 Å². The summed E-state index contributed by atoms with van der Waals surface area (Å²) in [5, 5.41) is 12.9. The first kappa shape index (κ1) is 27.3. The molecule has 9 heteroatoms. The largest absolute Gasteiger partial charge is 0.416 e. The van der Waals surface area contributed by atoms with E-state index in [0.29, 0.717) is 29.1 Å². The second-order valence-corrected chi connectivity index (χ2v) is 12.9. The van der Waals surface area contributed by atoms with Crippen LogP contribution in [0, 0.1) is 12.8 Å². The van der Waals surface area contributed by atoms with Gasteiger partial charge in [-0.15, -0.1) is 21.5 Å². The second-order valence-electron chi connectivity index (χ2n) is 11.8. The van der Waals surface area contributed by atoms with Crippen molar-refractivity contribution in [2.45, 2.75) is 122 Å². The van der Waals surface area contributed by atoms with Crippen LogP contribution in [0.2, 0.25) is 0 Å². The van der Waals surface area contributed by atoms with Gasteiger partial charge in [-0.1, -0.05) is 33.1 Å². The van der Waals surface area contributed by atoms with Gasteiger partial charge in [0.15, 0.2) is 5.06 Å². The molecule has 3 aliphatic rings. The van der Waals surface area contributed by atoms with Gasteiger partial charge in [-0.3, -0.25) is 14.5 Å². The number of amides is 1. The maximum Gasteiger partial charge on any atom is 0.308 e. The summed E-state index contributed by atoms with van der Waals surface area (Å²) in [6.45, 7) is 8.85. The number of aromatic nitrogens is 3. The molecule has 1 unspecified atom stereocenters. The Balaban J connectivity index is 1.27. The van der Waals surface area contributed by atoms with Crippen molar-refractivity contribution in [1.82, 2.24) is 25.0 Å². The van der Waals surface area contributed by atoms with E-state index in [2.05, 4.69) is 45.8 Å². The number of carbonyl (C=O) groups is 2. The van der Waals surface area contributed by atoms with Crippen molar-refractivity contribution < 1.29 is 14.3 Å². The minimum Gasteiger partial charge on any atom is -0.416 e. The highest BCUT2D eigenvalue weighted by Crippen LogP contribution is 2.43. The van der Waals surface area contributed by atoms with E-state index in [1.54, 1.807) is 0 Å². The molecule has 4 atom stereocenters. The number of aryl methyl sites for hydroxylation is 1. The molecule has 2 aliphatic heterocycles. The monoisotopic (exact) mass is 541 g/mol. The molecule has 8 nitrogen and oxygen atoms in total. The number of carbonyl (C=O) groups excluding carboxylic acids is 2. The molecule has 0 aromatic carbocycles. The molecular formula is C29H43N5O3S. The zero-order valence-corrected chi connectivity index (χ0v) is 24.1. The van der Waals surface area contributed by atoms with Crippen LogP contribution in [0.15, 0.2) is 12.1 Å². The predicted molar refractivity (Wildman–Crippen MR) is 148 cm³/mol. The fraction of sp³-hybridized carbons (Fsp3) is 0.724. The van der Waals surface area contributed by atoms with Crippen LogP contribution in [-0.4, -0.2) is 50.2 Å². The molecule has 0 spiro atoms. The summed E-state index contributed by atoms with van der Waals surface area (Å²) < 4.78 is 7.74. The van der Waals surface area contributed by atoms with E-state index < -0.39 is 0 Å². The van der Waals surface area contributed by atoms with Crippen molar-refractivity contribution in [3.8, 4) is 5.06 Å². The van der Waals surface area contributed by atoms with Crippen molar-refractivity contribution >= 4 is 23.2 Å². The Kier molecular flexibility index (Phi) is 8.53. The van der Waals surface area contributed by atoms with E-state index in [-0.39, 0.29) is 23.8 Å². The number of ether oxygens (including phenoxy) is 1. The van der Waals surface area contributed by atoms with Gasteiger partial charge < -0.3 is 14.6 Å². The predicted octanol–water partition coefficient (Wildman–Crippen LogP) is 5.69. The third-order valence-corrected chi connectivity index (χ3v) is 9.87. The Labute approximate surface area is 230 Å². The molecule has 4 heterocycles. The average molecular weight is 542 g/mol. The lowest BCUT2D eigenvalue weighted by atomic mass is 9.88. The van der Waals surface area contributed by atoms with Crippen LogP contribution in [0.4, 0.5) is 0 Å². The van der Waals surface area contributed by atoms with Gasteiger partial charge in [0.05, 0.1) is 6.04 Å². The molecule has 2 aromatic heterocycles. The van der Waals surface area contributed by atoms with Crippen molar-refractivity contribution in [3.63, 3.8) is 0 Å².